The summed E-state index contributed by atoms with van der Waals surface area (Å²) in [6, 6.07) is 1.53. The second kappa shape index (κ2) is 5.92. The maximum Gasteiger partial charge on any atom is 0.251 e. The van der Waals surface area contributed by atoms with Crippen LogP contribution in [0.15, 0.2) is 10.9 Å². The van der Waals surface area contributed by atoms with E-state index in [-0.39, 0.29) is 5.56 Å². The Balaban J connectivity index is 2.75. The number of aromatic amines is 1. The van der Waals surface area contributed by atoms with Crippen LogP contribution in [0.2, 0.25) is 0 Å². The lowest BCUT2D eigenvalue weighted by Gasteiger charge is -2.05. The number of H-pyrrole nitrogens is 1. The van der Waals surface area contributed by atoms with Gasteiger partial charge in [-0.05, 0) is 12.3 Å². The fraction of sp³-hybridized carbons (Fsp3) is 0.600. The third-order valence-electron chi connectivity index (χ3n) is 1.76. The molecule has 1 aromatic heterocycles. The van der Waals surface area contributed by atoms with Crippen LogP contribution in [0.25, 0.3) is 0 Å². The first kappa shape index (κ1) is 12.3. The van der Waals surface area contributed by atoms with Gasteiger partial charge >= 0.3 is 0 Å². The van der Waals surface area contributed by atoms with Gasteiger partial charge in [0.25, 0.3) is 5.56 Å². The van der Waals surface area contributed by atoms with Gasteiger partial charge < -0.3 is 10.3 Å². The predicted molar refractivity (Wildman–Crippen MR) is 64.1 cm³/mol. The van der Waals surface area contributed by atoms with Gasteiger partial charge in [0, 0.05) is 12.6 Å². The molecule has 1 heterocycles. The number of nitrogens with one attached hydrogen (secondary N) is 2. The Morgan fingerprint density at radius 2 is 2.33 bits per heavy atom. The molecular formula is C10H17N3OS. The van der Waals surface area contributed by atoms with Gasteiger partial charge in [0.15, 0.2) is 0 Å². The van der Waals surface area contributed by atoms with E-state index < -0.39 is 0 Å². The van der Waals surface area contributed by atoms with Gasteiger partial charge in [-0.2, -0.15) is 11.8 Å². The van der Waals surface area contributed by atoms with Crippen molar-refractivity contribution < 1.29 is 0 Å². The van der Waals surface area contributed by atoms with Crippen molar-refractivity contribution in [3.05, 3.63) is 27.9 Å². The molecule has 0 aliphatic heterocycles. The first-order chi connectivity index (χ1) is 7.11. The van der Waals surface area contributed by atoms with Crippen LogP contribution in [0.1, 0.15) is 25.4 Å². The van der Waals surface area contributed by atoms with Crippen molar-refractivity contribution in [3.8, 4) is 0 Å². The molecule has 0 aromatic carbocycles. The lowest BCUT2D eigenvalue weighted by atomic mass is 10.4. The van der Waals surface area contributed by atoms with Crippen molar-refractivity contribution in [1.29, 1.82) is 0 Å². The molecule has 15 heavy (non-hydrogen) atoms. The Hall–Kier alpha value is -0.810. The highest BCUT2D eigenvalue weighted by Crippen LogP contribution is 2.13. The standard InChI is InChI=1S/C10H17N3OS/c1-7(2)15-6-9-12-8(5-11-3)4-10(14)13-9/h4,7,11H,5-6H2,1-3H3,(H,12,13,14). The van der Waals surface area contributed by atoms with Crippen LogP contribution in [-0.2, 0) is 12.3 Å². The monoisotopic (exact) mass is 227 g/mol. The molecule has 0 atom stereocenters. The second-order valence-corrected chi connectivity index (χ2v) is 5.14. The van der Waals surface area contributed by atoms with Crippen molar-refractivity contribution in [2.45, 2.75) is 31.4 Å². The lowest BCUT2D eigenvalue weighted by molar-refractivity contribution is 0.773. The van der Waals surface area contributed by atoms with E-state index in [4.69, 9.17) is 0 Å². The number of thioether (sulfide) groups is 1. The minimum atomic E-state index is -0.0744. The van der Waals surface area contributed by atoms with E-state index in [1.54, 1.807) is 11.8 Å². The average molecular weight is 227 g/mol. The Morgan fingerprint density at radius 3 is 2.93 bits per heavy atom. The molecule has 0 aliphatic rings. The zero-order valence-electron chi connectivity index (χ0n) is 9.33. The van der Waals surface area contributed by atoms with E-state index in [1.165, 1.54) is 6.07 Å². The van der Waals surface area contributed by atoms with Crippen LogP contribution < -0.4 is 10.9 Å². The molecular weight excluding hydrogens is 210 g/mol. The van der Waals surface area contributed by atoms with Gasteiger partial charge in [-0.1, -0.05) is 13.8 Å². The minimum absolute atomic E-state index is 0.0744. The van der Waals surface area contributed by atoms with Crippen molar-refractivity contribution in [3.63, 3.8) is 0 Å². The molecule has 2 N–H and O–H groups in total. The van der Waals surface area contributed by atoms with E-state index in [0.29, 0.717) is 11.8 Å². The molecule has 0 unspecified atom stereocenters. The predicted octanol–water partition coefficient (Wildman–Crippen LogP) is 1.13. The largest absolute Gasteiger partial charge is 0.314 e. The summed E-state index contributed by atoms with van der Waals surface area (Å²) in [6.07, 6.45) is 0. The molecule has 0 fully saturated rings. The molecule has 0 saturated heterocycles. The van der Waals surface area contributed by atoms with Crippen LogP contribution in [0.4, 0.5) is 0 Å². The highest BCUT2D eigenvalue weighted by molar-refractivity contribution is 7.99. The Bertz CT molecular complexity index is 362. The van der Waals surface area contributed by atoms with Gasteiger partial charge in [-0.15, -0.1) is 0 Å². The molecule has 0 spiro atoms. The van der Waals surface area contributed by atoms with Crippen molar-refractivity contribution >= 4 is 11.8 Å². The molecule has 1 aromatic rings. The number of hydrogen-bond acceptors (Lipinski definition) is 4. The molecule has 0 amide bonds. The Kier molecular flexibility index (Phi) is 4.84. The van der Waals surface area contributed by atoms with E-state index in [1.807, 2.05) is 7.05 Å². The quantitative estimate of drug-likeness (QED) is 0.791. The highest BCUT2D eigenvalue weighted by Gasteiger charge is 2.02. The van der Waals surface area contributed by atoms with Crippen LogP contribution in [0.3, 0.4) is 0 Å². The molecule has 0 radical (unpaired) electrons. The van der Waals surface area contributed by atoms with Gasteiger partial charge in [0.05, 0.1) is 11.4 Å². The van der Waals surface area contributed by atoms with Gasteiger partial charge in [0.2, 0.25) is 0 Å². The summed E-state index contributed by atoms with van der Waals surface area (Å²) in [5.41, 5.74) is 0.718. The van der Waals surface area contributed by atoms with Gasteiger partial charge in [-0.25, -0.2) is 4.98 Å². The molecule has 0 bridgehead atoms. The van der Waals surface area contributed by atoms with Crippen molar-refractivity contribution in [1.82, 2.24) is 15.3 Å². The summed E-state index contributed by atoms with van der Waals surface area (Å²) < 4.78 is 0. The number of hydrogen-bond donors (Lipinski definition) is 2. The third kappa shape index (κ3) is 4.48. The normalized spacial score (nSPS) is 10.9. The van der Waals surface area contributed by atoms with E-state index in [2.05, 4.69) is 29.1 Å². The van der Waals surface area contributed by atoms with Crippen LogP contribution in [-0.4, -0.2) is 22.3 Å². The van der Waals surface area contributed by atoms with E-state index >= 15 is 0 Å². The molecule has 0 aliphatic carbocycles. The molecule has 5 heteroatoms. The lowest BCUT2D eigenvalue weighted by Crippen LogP contribution is -2.16. The van der Waals surface area contributed by atoms with E-state index in [9.17, 15) is 4.79 Å². The highest BCUT2D eigenvalue weighted by atomic mass is 32.2. The SMILES string of the molecule is CNCc1cc(=O)[nH]c(CSC(C)C)n1. The average Bonchev–Trinajstić information content (AvgIpc) is 2.14. The number of rotatable bonds is 5. The summed E-state index contributed by atoms with van der Waals surface area (Å²) in [7, 11) is 1.84. The van der Waals surface area contributed by atoms with Gasteiger partial charge in [-0.3, -0.25) is 4.79 Å². The first-order valence-electron chi connectivity index (χ1n) is 4.97. The van der Waals surface area contributed by atoms with Crippen LogP contribution in [0, 0.1) is 0 Å². The van der Waals surface area contributed by atoms with Crippen molar-refractivity contribution in [2.24, 2.45) is 0 Å². The Labute approximate surface area is 93.9 Å². The summed E-state index contributed by atoms with van der Waals surface area (Å²) >= 11 is 1.77. The zero-order valence-corrected chi connectivity index (χ0v) is 10.1. The fourth-order valence-electron chi connectivity index (χ4n) is 1.15. The number of aromatic nitrogens is 2. The van der Waals surface area contributed by atoms with Gasteiger partial charge in [0.1, 0.15) is 5.82 Å². The topological polar surface area (TPSA) is 57.8 Å². The van der Waals surface area contributed by atoms with Crippen molar-refractivity contribution in [2.75, 3.05) is 7.05 Å². The maximum absolute atomic E-state index is 11.3. The summed E-state index contributed by atoms with van der Waals surface area (Å²) in [5, 5.41) is 3.53. The number of nitrogens with zero attached hydrogens (tertiary/aromatic N) is 1. The van der Waals surface area contributed by atoms with Crippen LogP contribution in [0.5, 0.6) is 0 Å². The summed E-state index contributed by atoms with van der Waals surface area (Å²) in [4.78, 5) is 18.4. The molecule has 1 rings (SSSR count). The summed E-state index contributed by atoms with van der Waals surface area (Å²) in [6.45, 7) is 4.88. The third-order valence-corrected chi connectivity index (χ3v) is 2.86. The summed E-state index contributed by atoms with van der Waals surface area (Å²) in [5.74, 6) is 1.51. The maximum atomic E-state index is 11.3. The molecule has 84 valence electrons. The minimum Gasteiger partial charge on any atom is -0.314 e. The molecule has 4 nitrogen and oxygen atoms in total. The Morgan fingerprint density at radius 1 is 1.60 bits per heavy atom. The first-order valence-corrected chi connectivity index (χ1v) is 6.02. The smallest absolute Gasteiger partial charge is 0.251 e. The van der Waals surface area contributed by atoms with E-state index in [0.717, 1.165) is 17.3 Å². The van der Waals surface area contributed by atoms with Crippen LogP contribution >= 0.6 is 11.8 Å². The second-order valence-electron chi connectivity index (χ2n) is 3.57. The fourth-order valence-corrected chi connectivity index (χ4v) is 1.78. The zero-order chi connectivity index (χ0) is 11.3. The molecule has 0 saturated carbocycles.